The zero-order chi connectivity index (χ0) is 6.10. The standard InChI is InChI=1S/C7H7N2/c1-2-6(1)7-3-4-8-9-5-7/h3,5-6H,1-2H2. The minimum absolute atomic E-state index is 0.775. The van der Waals surface area contributed by atoms with Crippen molar-refractivity contribution in [2.75, 3.05) is 0 Å². The first-order valence-corrected chi connectivity index (χ1v) is 3.15. The van der Waals surface area contributed by atoms with Crippen molar-refractivity contribution in [3.63, 3.8) is 0 Å². The Kier molecular flexibility index (Phi) is 0.979. The van der Waals surface area contributed by atoms with Gasteiger partial charge in [0.2, 0.25) is 0 Å². The van der Waals surface area contributed by atoms with Crippen LogP contribution in [0.2, 0.25) is 0 Å². The smallest absolute Gasteiger partial charge is 0.114 e. The Morgan fingerprint density at radius 2 is 2.44 bits per heavy atom. The van der Waals surface area contributed by atoms with Crippen LogP contribution in [0.1, 0.15) is 24.3 Å². The summed E-state index contributed by atoms with van der Waals surface area (Å²) in [5.74, 6) is 0.775. The van der Waals surface area contributed by atoms with Gasteiger partial charge in [0, 0.05) is 0 Å². The number of rotatable bonds is 1. The van der Waals surface area contributed by atoms with Gasteiger partial charge in [-0.2, -0.15) is 5.10 Å². The van der Waals surface area contributed by atoms with E-state index in [0.29, 0.717) is 0 Å². The Morgan fingerprint density at radius 1 is 1.56 bits per heavy atom. The van der Waals surface area contributed by atoms with Crippen LogP contribution in [0.15, 0.2) is 12.3 Å². The molecule has 0 bridgehead atoms. The van der Waals surface area contributed by atoms with Crippen LogP contribution in [-0.2, 0) is 0 Å². The summed E-state index contributed by atoms with van der Waals surface area (Å²) in [6.45, 7) is 0. The molecule has 2 heteroatoms. The summed E-state index contributed by atoms with van der Waals surface area (Å²) in [6, 6.07) is 1.92. The van der Waals surface area contributed by atoms with Crippen molar-refractivity contribution in [3.8, 4) is 0 Å². The molecule has 0 aliphatic heterocycles. The minimum Gasteiger partial charge on any atom is -0.158 e. The topological polar surface area (TPSA) is 25.8 Å². The van der Waals surface area contributed by atoms with Gasteiger partial charge in [0.15, 0.2) is 0 Å². The highest BCUT2D eigenvalue weighted by Gasteiger charge is 2.23. The molecule has 0 unspecified atom stereocenters. The van der Waals surface area contributed by atoms with E-state index in [1.807, 2.05) is 12.3 Å². The molecule has 2 rings (SSSR count). The summed E-state index contributed by atoms with van der Waals surface area (Å²) >= 11 is 0. The lowest BCUT2D eigenvalue weighted by Gasteiger charge is -1.89. The van der Waals surface area contributed by atoms with Crippen molar-refractivity contribution in [3.05, 3.63) is 24.0 Å². The Hall–Kier alpha value is -0.920. The van der Waals surface area contributed by atoms with Gasteiger partial charge in [-0.1, -0.05) is 0 Å². The summed E-state index contributed by atoms with van der Waals surface area (Å²) in [5, 5.41) is 7.32. The van der Waals surface area contributed by atoms with Crippen molar-refractivity contribution >= 4 is 0 Å². The lowest BCUT2D eigenvalue weighted by atomic mass is 10.2. The SMILES string of the molecule is [c]1cc(C2CC2)cnn1. The molecule has 1 heterocycles. The van der Waals surface area contributed by atoms with Gasteiger partial charge in [0.1, 0.15) is 6.20 Å². The lowest BCUT2D eigenvalue weighted by molar-refractivity contribution is 0.971. The van der Waals surface area contributed by atoms with Crippen LogP contribution in [0.25, 0.3) is 0 Å². The first-order chi connectivity index (χ1) is 4.47. The van der Waals surface area contributed by atoms with Gasteiger partial charge in [-0.05, 0) is 30.4 Å². The fourth-order valence-electron chi connectivity index (χ4n) is 0.909. The van der Waals surface area contributed by atoms with E-state index in [1.54, 1.807) is 0 Å². The van der Waals surface area contributed by atoms with Crippen molar-refractivity contribution in [1.29, 1.82) is 0 Å². The zero-order valence-electron chi connectivity index (χ0n) is 5.04. The second-order valence-electron chi connectivity index (χ2n) is 2.39. The molecule has 1 saturated carbocycles. The van der Waals surface area contributed by atoms with E-state index in [9.17, 15) is 0 Å². The van der Waals surface area contributed by atoms with Crippen molar-refractivity contribution in [2.24, 2.45) is 0 Å². The molecule has 0 spiro atoms. The number of hydrogen-bond acceptors (Lipinski definition) is 2. The highest BCUT2D eigenvalue weighted by molar-refractivity contribution is 5.16. The summed E-state index contributed by atoms with van der Waals surface area (Å²) < 4.78 is 0. The van der Waals surface area contributed by atoms with E-state index in [2.05, 4.69) is 16.4 Å². The Balaban J connectivity index is 2.29. The third-order valence-corrected chi connectivity index (χ3v) is 1.60. The number of hydrogen-bond donors (Lipinski definition) is 0. The van der Waals surface area contributed by atoms with E-state index < -0.39 is 0 Å². The molecule has 0 atom stereocenters. The van der Waals surface area contributed by atoms with Crippen LogP contribution in [0.5, 0.6) is 0 Å². The molecule has 45 valence electrons. The first kappa shape index (κ1) is 4.91. The lowest BCUT2D eigenvalue weighted by Crippen LogP contribution is -1.82. The highest BCUT2D eigenvalue weighted by atomic mass is 15.1. The highest BCUT2D eigenvalue weighted by Crippen LogP contribution is 2.39. The maximum Gasteiger partial charge on any atom is 0.114 e. The fraction of sp³-hybridized carbons (Fsp3) is 0.429. The molecule has 1 aromatic rings. The second-order valence-corrected chi connectivity index (χ2v) is 2.39. The van der Waals surface area contributed by atoms with E-state index >= 15 is 0 Å². The molecule has 0 aromatic carbocycles. The van der Waals surface area contributed by atoms with Gasteiger partial charge < -0.3 is 0 Å². The number of nitrogens with zero attached hydrogens (tertiary/aromatic N) is 2. The molecule has 0 amide bonds. The predicted octanol–water partition coefficient (Wildman–Crippen LogP) is 1.15. The zero-order valence-corrected chi connectivity index (χ0v) is 5.04. The molecular weight excluding hydrogens is 112 g/mol. The van der Waals surface area contributed by atoms with Crippen LogP contribution < -0.4 is 0 Å². The second kappa shape index (κ2) is 1.79. The van der Waals surface area contributed by atoms with Crippen molar-refractivity contribution < 1.29 is 0 Å². The van der Waals surface area contributed by atoms with E-state index in [1.165, 1.54) is 18.4 Å². The quantitative estimate of drug-likeness (QED) is 0.554. The molecule has 2 nitrogen and oxygen atoms in total. The summed E-state index contributed by atoms with van der Waals surface area (Å²) in [4.78, 5) is 0. The molecule has 1 aliphatic carbocycles. The Labute approximate surface area is 53.9 Å². The van der Waals surface area contributed by atoms with Gasteiger partial charge in [0.25, 0.3) is 0 Å². The molecule has 9 heavy (non-hydrogen) atoms. The van der Waals surface area contributed by atoms with Crippen LogP contribution in [0.4, 0.5) is 0 Å². The van der Waals surface area contributed by atoms with Gasteiger partial charge >= 0.3 is 0 Å². The van der Waals surface area contributed by atoms with E-state index in [0.717, 1.165) is 5.92 Å². The monoisotopic (exact) mass is 119 g/mol. The average Bonchev–Trinajstić information content (AvgIpc) is 2.71. The third kappa shape index (κ3) is 0.922. The molecule has 0 saturated heterocycles. The average molecular weight is 119 g/mol. The third-order valence-electron chi connectivity index (χ3n) is 1.60. The van der Waals surface area contributed by atoms with Gasteiger partial charge in [-0.15, -0.1) is 5.10 Å². The van der Waals surface area contributed by atoms with Gasteiger partial charge in [-0.25, -0.2) is 0 Å². The van der Waals surface area contributed by atoms with Gasteiger partial charge in [0.05, 0.1) is 6.20 Å². The van der Waals surface area contributed by atoms with E-state index in [-0.39, 0.29) is 0 Å². The Bertz CT molecular complexity index is 191. The molecule has 1 radical (unpaired) electrons. The van der Waals surface area contributed by atoms with E-state index in [4.69, 9.17) is 0 Å². The van der Waals surface area contributed by atoms with Crippen molar-refractivity contribution in [2.45, 2.75) is 18.8 Å². The largest absolute Gasteiger partial charge is 0.158 e. The maximum absolute atomic E-state index is 3.74. The van der Waals surface area contributed by atoms with Gasteiger partial charge in [-0.3, -0.25) is 0 Å². The maximum atomic E-state index is 3.74. The summed E-state index contributed by atoms with van der Waals surface area (Å²) in [6.07, 6.45) is 7.19. The van der Waals surface area contributed by atoms with Crippen LogP contribution in [0.3, 0.4) is 0 Å². The molecule has 1 fully saturated rings. The summed E-state index contributed by atoms with van der Waals surface area (Å²) in [5.41, 5.74) is 1.30. The normalized spacial score (nSPS) is 17.8. The van der Waals surface area contributed by atoms with Crippen LogP contribution >= 0.6 is 0 Å². The molecular formula is C7H7N2. The number of aromatic nitrogens is 2. The summed E-state index contributed by atoms with van der Waals surface area (Å²) in [7, 11) is 0. The predicted molar refractivity (Wildman–Crippen MR) is 32.8 cm³/mol. The fourth-order valence-corrected chi connectivity index (χ4v) is 0.909. The minimum atomic E-state index is 0.775. The molecule has 1 aromatic heterocycles. The molecule has 0 N–H and O–H groups in total. The van der Waals surface area contributed by atoms with Crippen LogP contribution in [-0.4, -0.2) is 10.2 Å². The first-order valence-electron chi connectivity index (χ1n) is 3.15. The van der Waals surface area contributed by atoms with Crippen molar-refractivity contribution in [1.82, 2.24) is 10.2 Å². The van der Waals surface area contributed by atoms with Crippen LogP contribution in [0, 0.1) is 6.20 Å². The molecule has 1 aliphatic rings. The Morgan fingerprint density at radius 3 is 3.00 bits per heavy atom.